The second kappa shape index (κ2) is 5.85. The Morgan fingerprint density at radius 2 is 1.85 bits per heavy atom. The van der Waals surface area contributed by atoms with Crippen molar-refractivity contribution in [2.24, 2.45) is 5.92 Å². The Morgan fingerprint density at radius 3 is 2.35 bits per heavy atom. The van der Waals surface area contributed by atoms with E-state index in [0.717, 1.165) is 25.1 Å². The Balaban J connectivity index is 2.09. The van der Waals surface area contributed by atoms with Crippen LogP contribution in [-0.2, 0) is 14.8 Å². The summed E-state index contributed by atoms with van der Waals surface area (Å²) in [5.74, 6) is 1.31. The zero-order chi connectivity index (χ0) is 15.0. The minimum absolute atomic E-state index is 0.00276. The maximum Gasteiger partial charge on any atom is 0.226 e. The minimum Gasteiger partial charge on any atom is -0.327 e. The summed E-state index contributed by atoms with van der Waals surface area (Å²) in [6.45, 7) is 7.39. The molecule has 2 rings (SSSR count). The largest absolute Gasteiger partial charge is 0.327 e. The van der Waals surface area contributed by atoms with Crippen LogP contribution in [0.1, 0.15) is 33.6 Å². The molecule has 0 N–H and O–H groups in total. The average molecular weight is 320 g/mol. The molecule has 1 spiro atoms. The van der Waals surface area contributed by atoms with Gasteiger partial charge in [-0.05, 0) is 19.8 Å². The third kappa shape index (κ3) is 2.85. The highest BCUT2D eigenvalue weighted by Crippen LogP contribution is 2.44. The van der Waals surface area contributed by atoms with Gasteiger partial charge in [0.1, 0.15) is 0 Å². The van der Waals surface area contributed by atoms with Crippen LogP contribution in [0.2, 0.25) is 0 Å². The lowest BCUT2D eigenvalue weighted by Gasteiger charge is -2.44. The molecule has 0 saturated carbocycles. The zero-order valence-corrected chi connectivity index (χ0v) is 14.1. The van der Waals surface area contributed by atoms with E-state index >= 15 is 0 Å². The van der Waals surface area contributed by atoms with Crippen LogP contribution in [0.25, 0.3) is 0 Å². The Labute approximate surface area is 126 Å². The molecule has 7 heteroatoms. The third-order valence-electron chi connectivity index (χ3n) is 4.20. The fraction of sp³-hybridized carbons (Fsp3) is 0.923. The number of hydrogen-bond donors (Lipinski definition) is 0. The van der Waals surface area contributed by atoms with Gasteiger partial charge in [-0.15, -0.1) is 11.8 Å². The summed E-state index contributed by atoms with van der Waals surface area (Å²) in [5, 5.41) is 0. The first kappa shape index (κ1) is 16.1. The van der Waals surface area contributed by atoms with Crippen LogP contribution in [0.3, 0.4) is 0 Å². The van der Waals surface area contributed by atoms with E-state index in [2.05, 4.69) is 0 Å². The SMILES string of the molecule is CCS(=O)(=O)N1CCC2(CC1)SCCN2C(=O)C(C)C. The molecule has 0 aromatic carbocycles. The molecule has 0 atom stereocenters. The van der Waals surface area contributed by atoms with Crippen molar-refractivity contribution < 1.29 is 13.2 Å². The number of hydrogen-bond acceptors (Lipinski definition) is 4. The van der Waals surface area contributed by atoms with E-state index in [1.807, 2.05) is 30.5 Å². The van der Waals surface area contributed by atoms with Gasteiger partial charge in [0.15, 0.2) is 0 Å². The molecule has 2 heterocycles. The smallest absolute Gasteiger partial charge is 0.226 e. The summed E-state index contributed by atoms with van der Waals surface area (Å²) in [6.07, 6.45) is 1.49. The molecule has 2 aliphatic heterocycles. The predicted molar refractivity (Wildman–Crippen MR) is 82.0 cm³/mol. The second-order valence-corrected chi connectivity index (χ2v) is 9.45. The zero-order valence-electron chi connectivity index (χ0n) is 12.5. The minimum atomic E-state index is -3.10. The van der Waals surface area contributed by atoms with E-state index in [9.17, 15) is 13.2 Å². The summed E-state index contributed by atoms with van der Waals surface area (Å²) in [4.78, 5) is 14.2. The molecular formula is C13H24N2O3S2. The number of sulfonamides is 1. The fourth-order valence-corrected chi connectivity index (χ4v) is 5.51. The number of rotatable bonds is 3. The molecular weight excluding hydrogens is 296 g/mol. The molecule has 5 nitrogen and oxygen atoms in total. The quantitative estimate of drug-likeness (QED) is 0.788. The van der Waals surface area contributed by atoms with Crippen LogP contribution in [0.5, 0.6) is 0 Å². The van der Waals surface area contributed by atoms with Gasteiger partial charge in [0, 0.05) is 31.3 Å². The van der Waals surface area contributed by atoms with E-state index in [1.165, 1.54) is 0 Å². The van der Waals surface area contributed by atoms with Gasteiger partial charge >= 0.3 is 0 Å². The van der Waals surface area contributed by atoms with Gasteiger partial charge in [-0.1, -0.05) is 13.8 Å². The van der Waals surface area contributed by atoms with E-state index in [4.69, 9.17) is 0 Å². The van der Waals surface area contributed by atoms with Crippen molar-refractivity contribution in [1.29, 1.82) is 0 Å². The lowest BCUT2D eigenvalue weighted by atomic mass is 10.0. The average Bonchev–Trinajstić information content (AvgIpc) is 2.81. The van der Waals surface area contributed by atoms with Crippen molar-refractivity contribution >= 4 is 27.7 Å². The lowest BCUT2D eigenvalue weighted by Crippen LogP contribution is -2.54. The Morgan fingerprint density at radius 1 is 1.25 bits per heavy atom. The summed E-state index contributed by atoms with van der Waals surface area (Å²) < 4.78 is 25.4. The summed E-state index contributed by atoms with van der Waals surface area (Å²) in [5.41, 5.74) is 0. The lowest BCUT2D eigenvalue weighted by molar-refractivity contribution is -0.137. The Hall–Kier alpha value is -0.270. The summed E-state index contributed by atoms with van der Waals surface area (Å²) >= 11 is 1.82. The maximum atomic E-state index is 12.3. The predicted octanol–water partition coefficient (Wildman–Crippen LogP) is 1.36. The number of thioether (sulfide) groups is 1. The van der Waals surface area contributed by atoms with Crippen molar-refractivity contribution in [3.8, 4) is 0 Å². The monoisotopic (exact) mass is 320 g/mol. The van der Waals surface area contributed by atoms with Gasteiger partial charge in [-0.3, -0.25) is 4.79 Å². The van der Waals surface area contributed by atoms with Crippen LogP contribution in [0, 0.1) is 5.92 Å². The van der Waals surface area contributed by atoms with Crippen molar-refractivity contribution in [1.82, 2.24) is 9.21 Å². The van der Waals surface area contributed by atoms with Gasteiger partial charge in [-0.25, -0.2) is 12.7 Å². The van der Waals surface area contributed by atoms with E-state index < -0.39 is 10.0 Å². The molecule has 0 aliphatic carbocycles. The van der Waals surface area contributed by atoms with Gasteiger partial charge in [0.05, 0.1) is 10.6 Å². The van der Waals surface area contributed by atoms with Crippen molar-refractivity contribution in [2.75, 3.05) is 31.1 Å². The van der Waals surface area contributed by atoms with Crippen molar-refractivity contribution in [3.05, 3.63) is 0 Å². The van der Waals surface area contributed by atoms with Crippen molar-refractivity contribution in [2.45, 2.75) is 38.5 Å². The van der Waals surface area contributed by atoms with Crippen LogP contribution in [0.4, 0.5) is 0 Å². The number of carbonyl (C=O) groups is 1. The molecule has 0 aromatic rings. The van der Waals surface area contributed by atoms with E-state index in [0.29, 0.717) is 13.1 Å². The molecule has 2 aliphatic rings. The highest BCUT2D eigenvalue weighted by atomic mass is 32.2. The normalized spacial score (nSPS) is 23.7. The van der Waals surface area contributed by atoms with Crippen LogP contribution in [0.15, 0.2) is 0 Å². The number of carbonyl (C=O) groups excluding carboxylic acids is 1. The molecule has 20 heavy (non-hydrogen) atoms. The van der Waals surface area contributed by atoms with Gasteiger partial charge in [0.25, 0.3) is 0 Å². The van der Waals surface area contributed by atoms with Crippen molar-refractivity contribution in [3.63, 3.8) is 0 Å². The van der Waals surface area contributed by atoms with E-state index in [-0.39, 0.29) is 22.4 Å². The molecule has 1 amide bonds. The molecule has 0 unspecified atom stereocenters. The Bertz CT molecular complexity index is 468. The molecule has 2 fully saturated rings. The standard InChI is InChI=1S/C13H24N2O3S2/c1-4-20(17,18)14-7-5-13(6-8-14)15(9-10-19-13)12(16)11(2)3/h11H,4-10H2,1-3H3. The molecule has 2 saturated heterocycles. The van der Waals surface area contributed by atoms with Crippen LogP contribution < -0.4 is 0 Å². The van der Waals surface area contributed by atoms with Crippen LogP contribution in [-0.4, -0.2) is 59.5 Å². The first-order valence-electron chi connectivity index (χ1n) is 7.25. The third-order valence-corrected chi connectivity index (χ3v) is 7.63. The molecule has 0 radical (unpaired) electrons. The summed E-state index contributed by atoms with van der Waals surface area (Å²) in [7, 11) is -3.10. The van der Waals surface area contributed by atoms with Gasteiger partial charge < -0.3 is 4.90 Å². The molecule has 0 bridgehead atoms. The fourth-order valence-electron chi connectivity index (χ4n) is 2.94. The van der Waals surface area contributed by atoms with Gasteiger partial charge in [-0.2, -0.15) is 0 Å². The highest BCUT2D eigenvalue weighted by Gasteiger charge is 2.47. The number of amides is 1. The molecule has 116 valence electrons. The Kier molecular flexibility index (Phi) is 4.71. The topological polar surface area (TPSA) is 57.7 Å². The number of nitrogens with zero attached hydrogens (tertiary/aromatic N) is 2. The van der Waals surface area contributed by atoms with Crippen LogP contribution >= 0.6 is 11.8 Å². The maximum absolute atomic E-state index is 12.3. The number of piperidine rings is 1. The second-order valence-electron chi connectivity index (χ2n) is 5.74. The van der Waals surface area contributed by atoms with E-state index in [1.54, 1.807) is 11.2 Å². The summed E-state index contributed by atoms with van der Waals surface area (Å²) in [6, 6.07) is 0. The first-order chi connectivity index (χ1) is 9.32. The first-order valence-corrected chi connectivity index (χ1v) is 9.85. The highest BCUT2D eigenvalue weighted by molar-refractivity contribution is 8.00. The molecule has 0 aromatic heterocycles. The van der Waals surface area contributed by atoms with Gasteiger partial charge in [0.2, 0.25) is 15.9 Å².